The van der Waals surface area contributed by atoms with Crippen molar-refractivity contribution in [2.24, 2.45) is 4.99 Å². The Morgan fingerprint density at radius 2 is 1.78 bits per heavy atom. The number of nitrogens with zero attached hydrogens (tertiary/aromatic N) is 2. The lowest BCUT2D eigenvalue weighted by molar-refractivity contribution is -0.385. The molecule has 0 atom stereocenters. The molecular formula is C14H8F3N2O4-. The molecule has 0 radical (unpaired) electrons. The van der Waals surface area contributed by atoms with Crippen LogP contribution in [0.5, 0.6) is 11.5 Å². The highest BCUT2D eigenvalue weighted by atomic mass is 19.4. The molecule has 120 valence electrons. The number of nitro benzene ring substituents is 1. The first-order chi connectivity index (χ1) is 10.7. The van der Waals surface area contributed by atoms with Crippen molar-refractivity contribution in [2.45, 2.75) is 6.36 Å². The van der Waals surface area contributed by atoms with Crippen LogP contribution in [0.15, 0.2) is 47.5 Å². The Morgan fingerprint density at radius 3 is 2.35 bits per heavy atom. The third-order valence-electron chi connectivity index (χ3n) is 2.63. The topological polar surface area (TPSA) is 87.8 Å². The minimum absolute atomic E-state index is 0.00480. The summed E-state index contributed by atoms with van der Waals surface area (Å²) in [5.74, 6) is -0.868. The van der Waals surface area contributed by atoms with Gasteiger partial charge in [0, 0.05) is 18.3 Å². The lowest BCUT2D eigenvalue weighted by atomic mass is 10.2. The Labute approximate surface area is 127 Å². The van der Waals surface area contributed by atoms with Gasteiger partial charge in [0.15, 0.2) is 0 Å². The van der Waals surface area contributed by atoms with Gasteiger partial charge in [-0.25, -0.2) is 0 Å². The van der Waals surface area contributed by atoms with Gasteiger partial charge in [0.2, 0.25) is 0 Å². The van der Waals surface area contributed by atoms with Gasteiger partial charge in [-0.15, -0.1) is 13.2 Å². The van der Waals surface area contributed by atoms with Gasteiger partial charge in [-0.2, -0.15) is 0 Å². The summed E-state index contributed by atoms with van der Waals surface area (Å²) in [5.41, 5.74) is -0.0137. The third kappa shape index (κ3) is 4.70. The SMILES string of the molecule is O=[N+]([O-])c1ccc([O-])c(C=Nc2ccc(OC(F)(F)F)cc2)c1. The molecule has 0 saturated heterocycles. The second kappa shape index (κ2) is 6.34. The molecule has 0 spiro atoms. The first-order valence-electron chi connectivity index (χ1n) is 6.10. The van der Waals surface area contributed by atoms with E-state index in [0.717, 1.165) is 36.5 Å². The number of aliphatic imine (C=N–C) groups is 1. The van der Waals surface area contributed by atoms with E-state index in [-0.39, 0.29) is 16.9 Å². The van der Waals surface area contributed by atoms with Crippen molar-refractivity contribution in [3.8, 4) is 11.5 Å². The van der Waals surface area contributed by atoms with E-state index in [1.54, 1.807) is 0 Å². The Hall–Kier alpha value is -3.10. The van der Waals surface area contributed by atoms with Gasteiger partial charge >= 0.3 is 6.36 Å². The predicted molar refractivity (Wildman–Crippen MR) is 72.9 cm³/mol. The van der Waals surface area contributed by atoms with E-state index in [1.165, 1.54) is 12.1 Å². The van der Waals surface area contributed by atoms with Crippen molar-refractivity contribution in [1.29, 1.82) is 0 Å². The number of alkyl halides is 3. The average Bonchev–Trinajstić information content (AvgIpc) is 2.46. The van der Waals surface area contributed by atoms with Gasteiger partial charge in [-0.3, -0.25) is 15.1 Å². The van der Waals surface area contributed by atoms with Gasteiger partial charge in [0.05, 0.1) is 10.6 Å². The molecule has 2 aromatic rings. The van der Waals surface area contributed by atoms with E-state index in [0.29, 0.717) is 0 Å². The summed E-state index contributed by atoms with van der Waals surface area (Å²) in [7, 11) is 0. The van der Waals surface area contributed by atoms with Crippen molar-refractivity contribution in [3.63, 3.8) is 0 Å². The number of ether oxygens (including phenoxy) is 1. The van der Waals surface area contributed by atoms with Gasteiger partial charge < -0.3 is 9.84 Å². The van der Waals surface area contributed by atoms with Crippen molar-refractivity contribution < 1.29 is 27.9 Å². The largest absolute Gasteiger partial charge is 0.872 e. The van der Waals surface area contributed by atoms with Crippen molar-refractivity contribution in [2.75, 3.05) is 0 Å². The molecule has 0 aliphatic rings. The van der Waals surface area contributed by atoms with Gasteiger partial charge in [-0.05, 0) is 29.8 Å². The number of hydrogen-bond donors (Lipinski definition) is 0. The Morgan fingerprint density at radius 1 is 1.13 bits per heavy atom. The molecule has 6 nitrogen and oxygen atoms in total. The molecule has 0 N–H and O–H groups in total. The molecular weight excluding hydrogens is 317 g/mol. The highest BCUT2D eigenvalue weighted by molar-refractivity contribution is 5.86. The lowest BCUT2D eigenvalue weighted by Gasteiger charge is -2.09. The van der Waals surface area contributed by atoms with E-state index < -0.39 is 22.8 Å². The maximum absolute atomic E-state index is 12.0. The van der Waals surface area contributed by atoms with Crippen LogP contribution in [-0.4, -0.2) is 17.5 Å². The van der Waals surface area contributed by atoms with E-state index in [9.17, 15) is 28.4 Å². The van der Waals surface area contributed by atoms with E-state index in [2.05, 4.69) is 9.73 Å². The van der Waals surface area contributed by atoms with E-state index in [4.69, 9.17) is 0 Å². The number of benzene rings is 2. The molecule has 0 bridgehead atoms. The molecule has 2 rings (SSSR count). The first kappa shape index (κ1) is 16.3. The number of halogens is 3. The van der Waals surface area contributed by atoms with Crippen molar-refractivity contribution in [1.82, 2.24) is 0 Å². The van der Waals surface area contributed by atoms with Crippen LogP contribution in [0, 0.1) is 10.1 Å². The zero-order valence-corrected chi connectivity index (χ0v) is 11.3. The Bertz CT molecular complexity index is 743. The Kier molecular flexibility index (Phi) is 4.49. The van der Waals surface area contributed by atoms with E-state index >= 15 is 0 Å². The smallest absolute Gasteiger partial charge is 0.573 e. The fraction of sp³-hybridized carbons (Fsp3) is 0.0714. The van der Waals surface area contributed by atoms with Crippen LogP contribution in [-0.2, 0) is 0 Å². The molecule has 0 aliphatic carbocycles. The van der Waals surface area contributed by atoms with Crippen molar-refractivity contribution >= 4 is 17.6 Å². The maximum Gasteiger partial charge on any atom is 0.573 e. The normalized spacial score (nSPS) is 11.6. The molecule has 2 aromatic carbocycles. The molecule has 0 amide bonds. The van der Waals surface area contributed by atoms with Crippen molar-refractivity contribution in [3.05, 3.63) is 58.1 Å². The van der Waals surface area contributed by atoms with Crippen LogP contribution in [0.1, 0.15) is 5.56 Å². The van der Waals surface area contributed by atoms with Crippen LogP contribution >= 0.6 is 0 Å². The number of non-ortho nitro benzene ring substituents is 1. The van der Waals surface area contributed by atoms with E-state index in [1.807, 2.05) is 0 Å². The third-order valence-corrected chi connectivity index (χ3v) is 2.63. The van der Waals surface area contributed by atoms with Gasteiger partial charge in [-0.1, -0.05) is 11.8 Å². The first-order valence-corrected chi connectivity index (χ1v) is 6.10. The van der Waals surface area contributed by atoms with Gasteiger partial charge in [0.1, 0.15) is 5.75 Å². The van der Waals surface area contributed by atoms with Crippen LogP contribution in [0.25, 0.3) is 0 Å². The number of hydrogen-bond acceptors (Lipinski definition) is 5. The summed E-state index contributed by atoms with van der Waals surface area (Å²) < 4.78 is 39.8. The second-order valence-electron chi connectivity index (χ2n) is 4.28. The Balaban J connectivity index is 2.17. The minimum Gasteiger partial charge on any atom is -0.872 e. The quantitative estimate of drug-likeness (QED) is 0.490. The monoisotopic (exact) mass is 325 g/mol. The maximum atomic E-state index is 12.0. The summed E-state index contributed by atoms with van der Waals surface area (Å²) in [6, 6.07) is 7.80. The molecule has 0 fully saturated rings. The average molecular weight is 325 g/mol. The van der Waals surface area contributed by atoms with Crippen LogP contribution < -0.4 is 9.84 Å². The summed E-state index contributed by atoms with van der Waals surface area (Å²) >= 11 is 0. The molecule has 0 aliphatic heterocycles. The summed E-state index contributed by atoms with van der Waals surface area (Å²) in [6.07, 6.45) is -3.68. The predicted octanol–water partition coefficient (Wildman–Crippen LogP) is 3.32. The molecule has 0 aromatic heterocycles. The highest BCUT2D eigenvalue weighted by Crippen LogP contribution is 2.25. The minimum atomic E-state index is -4.79. The van der Waals surface area contributed by atoms with Crippen LogP contribution in [0.3, 0.4) is 0 Å². The lowest BCUT2D eigenvalue weighted by Crippen LogP contribution is -2.16. The van der Waals surface area contributed by atoms with Crippen LogP contribution in [0.2, 0.25) is 0 Å². The molecule has 23 heavy (non-hydrogen) atoms. The number of rotatable bonds is 4. The molecule has 0 unspecified atom stereocenters. The zero-order chi connectivity index (χ0) is 17.0. The second-order valence-corrected chi connectivity index (χ2v) is 4.28. The molecule has 0 heterocycles. The van der Waals surface area contributed by atoms with Gasteiger partial charge in [0.25, 0.3) is 5.69 Å². The summed E-state index contributed by atoms with van der Waals surface area (Å²) in [6.45, 7) is 0. The summed E-state index contributed by atoms with van der Waals surface area (Å²) in [4.78, 5) is 13.9. The number of nitro groups is 1. The fourth-order valence-corrected chi connectivity index (χ4v) is 1.63. The zero-order valence-electron chi connectivity index (χ0n) is 11.3. The highest BCUT2D eigenvalue weighted by Gasteiger charge is 2.30. The summed E-state index contributed by atoms with van der Waals surface area (Å²) in [5, 5.41) is 22.2. The fourth-order valence-electron chi connectivity index (χ4n) is 1.63. The molecule has 0 saturated carbocycles. The van der Waals surface area contributed by atoms with Crippen LogP contribution in [0.4, 0.5) is 24.5 Å². The standard InChI is InChI=1S/C14H9F3N2O4/c15-14(16,17)23-12-4-1-10(2-5-12)18-8-9-7-11(19(21)22)3-6-13(9)20/h1-8,20H/p-1. The molecule has 9 heteroatoms.